The summed E-state index contributed by atoms with van der Waals surface area (Å²) in [5.74, 6) is -2.91. The van der Waals surface area contributed by atoms with Crippen LogP contribution in [0.25, 0.3) is 0 Å². The van der Waals surface area contributed by atoms with Crippen molar-refractivity contribution in [3.8, 4) is 11.5 Å². The molecular formula is C26H26O6. The second-order valence-electron chi connectivity index (χ2n) is 7.38. The molecule has 0 heterocycles. The molecule has 0 fully saturated rings. The molecule has 3 aromatic rings. The van der Waals surface area contributed by atoms with Crippen LogP contribution < -0.4 is 0 Å². The van der Waals surface area contributed by atoms with Gasteiger partial charge in [-0.05, 0) is 34.9 Å². The van der Waals surface area contributed by atoms with Gasteiger partial charge in [-0.15, -0.1) is 0 Å². The predicted octanol–water partition coefficient (Wildman–Crippen LogP) is 3.83. The second-order valence-corrected chi connectivity index (χ2v) is 7.38. The number of benzene rings is 3. The summed E-state index contributed by atoms with van der Waals surface area (Å²) in [4.78, 5) is 25.5. The number of phenols is 2. The standard InChI is InChI=1S/C26H26O6/c27-22-11-12-24(28)21(17-22)18-23(25(29)31-15-13-19-7-3-1-4-8-19)26(30)32-16-14-20-9-5-2-6-10-20/h1-12,17,23,27-28H,13-16,18H2. The zero-order valence-corrected chi connectivity index (χ0v) is 17.6. The summed E-state index contributed by atoms with van der Waals surface area (Å²) in [6, 6.07) is 23.0. The predicted molar refractivity (Wildman–Crippen MR) is 119 cm³/mol. The molecule has 0 aliphatic heterocycles. The van der Waals surface area contributed by atoms with Crippen molar-refractivity contribution in [2.75, 3.05) is 13.2 Å². The molecular weight excluding hydrogens is 408 g/mol. The van der Waals surface area contributed by atoms with Gasteiger partial charge >= 0.3 is 11.9 Å². The Kier molecular flexibility index (Phi) is 8.26. The highest BCUT2D eigenvalue weighted by atomic mass is 16.6. The van der Waals surface area contributed by atoms with Crippen LogP contribution in [0.4, 0.5) is 0 Å². The monoisotopic (exact) mass is 434 g/mol. The largest absolute Gasteiger partial charge is 0.508 e. The second kappa shape index (κ2) is 11.6. The van der Waals surface area contributed by atoms with Gasteiger partial charge in [0.2, 0.25) is 0 Å². The van der Waals surface area contributed by atoms with Crippen LogP contribution in [0.15, 0.2) is 78.9 Å². The molecule has 0 bridgehead atoms. The lowest BCUT2D eigenvalue weighted by molar-refractivity contribution is -0.162. The van der Waals surface area contributed by atoms with Gasteiger partial charge in [-0.3, -0.25) is 9.59 Å². The highest BCUT2D eigenvalue weighted by Crippen LogP contribution is 2.26. The lowest BCUT2D eigenvalue weighted by Gasteiger charge is -2.16. The quantitative estimate of drug-likeness (QED) is 0.286. The van der Waals surface area contributed by atoms with Crippen molar-refractivity contribution in [1.29, 1.82) is 0 Å². The Morgan fingerprint density at radius 1 is 0.719 bits per heavy atom. The van der Waals surface area contributed by atoms with E-state index in [1.807, 2.05) is 60.7 Å². The van der Waals surface area contributed by atoms with Crippen LogP contribution in [-0.2, 0) is 38.3 Å². The van der Waals surface area contributed by atoms with E-state index in [2.05, 4.69) is 0 Å². The molecule has 0 saturated heterocycles. The lowest BCUT2D eigenvalue weighted by Crippen LogP contribution is -2.31. The average molecular weight is 434 g/mol. The van der Waals surface area contributed by atoms with E-state index in [9.17, 15) is 19.8 Å². The Bertz CT molecular complexity index is 960. The third kappa shape index (κ3) is 6.87. The Morgan fingerprint density at radius 2 is 1.22 bits per heavy atom. The summed E-state index contributed by atoms with van der Waals surface area (Å²) in [5.41, 5.74) is 2.27. The summed E-state index contributed by atoms with van der Waals surface area (Å²) < 4.78 is 10.7. The molecule has 0 unspecified atom stereocenters. The Hall–Kier alpha value is -3.80. The molecule has 32 heavy (non-hydrogen) atoms. The van der Waals surface area contributed by atoms with Crippen LogP contribution in [0.3, 0.4) is 0 Å². The van der Waals surface area contributed by atoms with E-state index >= 15 is 0 Å². The number of hydrogen-bond donors (Lipinski definition) is 2. The summed E-state index contributed by atoms with van der Waals surface area (Å²) in [6.45, 7) is 0.228. The number of phenolic OH excluding ortho intramolecular Hbond substituents is 2. The Balaban J connectivity index is 1.64. The smallest absolute Gasteiger partial charge is 0.320 e. The number of carbonyl (C=O) groups excluding carboxylic acids is 2. The van der Waals surface area contributed by atoms with Crippen LogP contribution >= 0.6 is 0 Å². The summed E-state index contributed by atoms with van der Waals surface area (Å²) in [7, 11) is 0. The first-order valence-corrected chi connectivity index (χ1v) is 10.4. The SMILES string of the molecule is O=C(OCCc1ccccc1)C(Cc1cc(O)ccc1O)C(=O)OCCc1ccccc1. The summed E-state index contributed by atoms with van der Waals surface area (Å²) in [6.07, 6.45) is 0.883. The molecule has 166 valence electrons. The molecule has 0 atom stereocenters. The first-order valence-electron chi connectivity index (χ1n) is 10.4. The van der Waals surface area contributed by atoms with E-state index in [-0.39, 0.29) is 36.7 Å². The molecule has 0 radical (unpaired) electrons. The molecule has 0 aliphatic carbocycles. The number of aromatic hydroxyl groups is 2. The van der Waals surface area contributed by atoms with E-state index in [0.29, 0.717) is 12.8 Å². The fourth-order valence-corrected chi connectivity index (χ4v) is 3.25. The first-order chi connectivity index (χ1) is 15.5. The van der Waals surface area contributed by atoms with E-state index in [1.165, 1.54) is 18.2 Å². The number of esters is 2. The normalized spacial score (nSPS) is 10.7. The van der Waals surface area contributed by atoms with Gasteiger partial charge in [0.25, 0.3) is 0 Å². The minimum absolute atomic E-state index is 0.0774. The maximum atomic E-state index is 12.7. The van der Waals surface area contributed by atoms with E-state index in [4.69, 9.17) is 9.47 Å². The van der Waals surface area contributed by atoms with Gasteiger partial charge in [-0.2, -0.15) is 0 Å². The van der Waals surface area contributed by atoms with Gasteiger partial charge in [-0.1, -0.05) is 60.7 Å². The first kappa shape index (κ1) is 22.9. The fourth-order valence-electron chi connectivity index (χ4n) is 3.25. The van der Waals surface area contributed by atoms with Gasteiger partial charge in [0, 0.05) is 19.3 Å². The Labute approximate surface area is 187 Å². The molecule has 0 saturated carbocycles. The molecule has 2 N–H and O–H groups in total. The van der Waals surface area contributed by atoms with Crippen molar-refractivity contribution >= 4 is 11.9 Å². The molecule has 0 aliphatic rings. The van der Waals surface area contributed by atoms with Crippen LogP contribution in [0.1, 0.15) is 16.7 Å². The maximum Gasteiger partial charge on any atom is 0.320 e. The van der Waals surface area contributed by atoms with Crippen molar-refractivity contribution in [1.82, 2.24) is 0 Å². The third-order valence-electron chi connectivity index (χ3n) is 5.01. The van der Waals surface area contributed by atoms with Crippen molar-refractivity contribution in [3.05, 3.63) is 95.6 Å². The van der Waals surface area contributed by atoms with Gasteiger partial charge in [0.05, 0.1) is 13.2 Å². The van der Waals surface area contributed by atoms with E-state index in [0.717, 1.165) is 11.1 Å². The molecule has 0 amide bonds. The van der Waals surface area contributed by atoms with E-state index < -0.39 is 17.9 Å². The van der Waals surface area contributed by atoms with Crippen LogP contribution in [0, 0.1) is 5.92 Å². The van der Waals surface area contributed by atoms with Gasteiger partial charge in [-0.25, -0.2) is 0 Å². The lowest BCUT2D eigenvalue weighted by atomic mass is 9.98. The van der Waals surface area contributed by atoms with Crippen molar-refractivity contribution < 1.29 is 29.3 Å². The van der Waals surface area contributed by atoms with Crippen LogP contribution in [-0.4, -0.2) is 35.4 Å². The molecule has 3 rings (SSSR count). The highest BCUT2D eigenvalue weighted by Gasteiger charge is 2.31. The minimum Gasteiger partial charge on any atom is -0.508 e. The summed E-state index contributed by atoms with van der Waals surface area (Å²) in [5, 5.41) is 19.8. The van der Waals surface area contributed by atoms with Gasteiger partial charge < -0.3 is 19.7 Å². The molecule has 3 aromatic carbocycles. The zero-order chi connectivity index (χ0) is 22.8. The molecule has 6 nitrogen and oxygen atoms in total. The fraction of sp³-hybridized carbons (Fsp3) is 0.231. The van der Waals surface area contributed by atoms with Crippen LogP contribution in [0.5, 0.6) is 11.5 Å². The Morgan fingerprint density at radius 3 is 1.72 bits per heavy atom. The van der Waals surface area contributed by atoms with E-state index in [1.54, 1.807) is 0 Å². The van der Waals surface area contributed by atoms with Gasteiger partial charge in [0.1, 0.15) is 11.5 Å². The van der Waals surface area contributed by atoms with Crippen LogP contribution in [0.2, 0.25) is 0 Å². The number of carbonyl (C=O) groups is 2. The highest BCUT2D eigenvalue weighted by molar-refractivity contribution is 5.95. The number of ether oxygens (including phenoxy) is 2. The third-order valence-corrected chi connectivity index (χ3v) is 5.01. The van der Waals surface area contributed by atoms with Crippen molar-refractivity contribution in [2.45, 2.75) is 19.3 Å². The molecule has 0 spiro atoms. The number of hydrogen-bond acceptors (Lipinski definition) is 6. The minimum atomic E-state index is -1.26. The average Bonchev–Trinajstić information content (AvgIpc) is 2.81. The molecule has 0 aromatic heterocycles. The zero-order valence-electron chi connectivity index (χ0n) is 17.6. The van der Waals surface area contributed by atoms with Crippen molar-refractivity contribution in [2.24, 2.45) is 5.92 Å². The van der Waals surface area contributed by atoms with Crippen molar-refractivity contribution in [3.63, 3.8) is 0 Å². The maximum absolute atomic E-state index is 12.7. The summed E-state index contributed by atoms with van der Waals surface area (Å²) >= 11 is 0. The van der Waals surface area contributed by atoms with Gasteiger partial charge in [0.15, 0.2) is 5.92 Å². The number of rotatable bonds is 10. The topological polar surface area (TPSA) is 93.1 Å². The molecule has 6 heteroatoms.